The lowest BCUT2D eigenvalue weighted by molar-refractivity contribution is -0.142. The van der Waals surface area contributed by atoms with Gasteiger partial charge in [0.1, 0.15) is 0 Å². The Balaban J connectivity index is 2.67. The number of nitrogens with zero attached hydrogens (tertiary/aromatic N) is 1. The number of ether oxygens (including phenoxy) is 1. The Morgan fingerprint density at radius 1 is 1.35 bits per heavy atom. The van der Waals surface area contributed by atoms with Gasteiger partial charge >= 0.3 is 11.9 Å². The zero-order valence-electron chi connectivity index (χ0n) is 12.7. The molecule has 0 N–H and O–H groups in total. The monoisotopic (exact) mass is 283 g/mol. The van der Waals surface area contributed by atoms with Crippen LogP contribution in [0.2, 0.25) is 0 Å². The van der Waals surface area contributed by atoms with Crippen LogP contribution in [0.15, 0.2) is 5.16 Å². The summed E-state index contributed by atoms with van der Waals surface area (Å²) in [6, 6.07) is 0. The van der Waals surface area contributed by atoms with E-state index in [0.717, 1.165) is 37.8 Å². The summed E-state index contributed by atoms with van der Waals surface area (Å²) in [4.78, 5) is 27.1. The van der Waals surface area contributed by atoms with E-state index in [1.807, 2.05) is 0 Å². The molecule has 0 aromatic carbocycles. The van der Waals surface area contributed by atoms with Crippen molar-refractivity contribution in [2.75, 3.05) is 7.11 Å². The minimum atomic E-state index is -0.402. The minimum absolute atomic E-state index is 0.177. The van der Waals surface area contributed by atoms with E-state index in [-0.39, 0.29) is 17.8 Å². The van der Waals surface area contributed by atoms with Gasteiger partial charge in [-0.2, -0.15) is 0 Å². The molecule has 1 saturated carbocycles. The number of carbonyl (C=O) groups is 2. The Bertz CT molecular complexity index is 365. The average Bonchev–Trinajstić information content (AvgIpc) is 2.79. The molecule has 1 aliphatic carbocycles. The molecule has 20 heavy (non-hydrogen) atoms. The van der Waals surface area contributed by atoms with E-state index in [0.29, 0.717) is 6.42 Å². The fraction of sp³-hybridized carbons (Fsp3) is 0.800. The van der Waals surface area contributed by atoms with Gasteiger partial charge in [0.2, 0.25) is 0 Å². The predicted molar refractivity (Wildman–Crippen MR) is 76.2 cm³/mol. The van der Waals surface area contributed by atoms with Crippen molar-refractivity contribution in [2.45, 2.75) is 58.8 Å². The SMILES string of the molecule is CCCCC[C@@H]1C(=NOC(C)=O)CC[C@@H]1CC(=O)OC. The number of rotatable bonds is 7. The molecule has 0 aromatic heterocycles. The number of unbranched alkanes of at least 4 members (excludes halogenated alkanes) is 2. The van der Waals surface area contributed by atoms with E-state index in [4.69, 9.17) is 9.57 Å². The van der Waals surface area contributed by atoms with Crippen LogP contribution in [0.5, 0.6) is 0 Å². The smallest absolute Gasteiger partial charge is 0.331 e. The van der Waals surface area contributed by atoms with Gasteiger partial charge in [-0.25, -0.2) is 4.79 Å². The highest BCUT2D eigenvalue weighted by atomic mass is 16.7. The molecule has 2 atom stereocenters. The highest BCUT2D eigenvalue weighted by Crippen LogP contribution is 2.36. The van der Waals surface area contributed by atoms with Gasteiger partial charge in [0.15, 0.2) is 0 Å². The molecule has 1 rings (SSSR count). The van der Waals surface area contributed by atoms with Gasteiger partial charge in [-0.05, 0) is 25.2 Å². The normalized spacial score (nSPS) is 23.9. The van der Waals surface area contributed by atoms with Gasteiger partial charge in [0, 0.05) is 19.3 Å². The summed E-state index contributed by atoms with van der Waals surface area (Å²) in [7, 11) is 1.41. The van der Waals surface area contributed by atoms with Crippen molar-refractivity contribution in [1.29, 1.82) is 0 Å². The van der Waals surface area contributed by atoms with Crippen LogP contribution in [0.1, 0.15) is 58.8 Å². The van der Waals surface area contributed by atoms with Crippen LogP contribution < -0.4 is 0 Å². The number of carbonyl (C=O) groups excluding carboxylic acids is 2. The quantitative estimate of drug-likeness (QED) is 0.312. The highest BCUT2D eigenvalue weighted by molar-refractivity contribution is 5.89. The van der Waals surface area contributed by atoms with Crippen molar-refractivity contribution in [3.05, 3.63) is 0 Å². The molecule has 5 nitrogen and oxygen atoms in total. The van der Waals surface area contributed by atoms with Crippen LogP contribution in [0, 0.1) is 11.8 Å². The second-order valence-electron chi connectivity index (χ2n) is 5.35. The first-order valence-corrected chi connectivity index (χ1v) is 7.39. The fourth-order valence-electron chi connectivity index (χ4n) is 2.79. The summed E-state index contributed by atoms with van der Waals surface area (Å²) >= 11 is 0. The summed E-state index contributed by atoms with van der Waals surface area (Å²) in [5.41, 5.74) is 0.921. The first-order chi connectivity index (χ1) is 9.58. The molecule has 5 heteroatoms. The molecule has 1 fully saturated rings. The lowest BCUT2D eigenvalue weighted by Crippen LogP contribution is -2.19. The van der Waals surface area contributed by atoms with Crippen LogP contribution in [-0.4, -0.2) is 24.8 Å². The van der Waals surface area contributed by atoms with Gasteiger partial charge < -0.3 is 9.57 Å². The first-order valence-electron chi connectivity index (χ1n) is 7.39. The van der Waals surface area contributed by atoms with E-state index in [2.05, 4.69) is 12.1 Å². The van der Waals surface area contributed by atoms with Gasteiger partial charge in [0.25, 0.3) is 0 Å². The van der Waals surface area contributed by atoms with Crippen molar-refractivity contribution in [3.8, 4) is 0 Å². The molecular formula is C15H25NO4. The van der Waals surface area contributed by atoms with Gasteiger partial charge in [-0.15, -0.1) is 0 Å². The standard InChI is InChI=1S/C15H25NO4/c1-4-5-6-7-13-12(10-15(18)19-3)8-9-14(13)16-20-11(2)17/h12-13H,4-10H2,1-3H3/t12-,13+/m1/s1. The van der Waals surface area contributed by atoms with Gasteiger partial charge in [-0.3, -0.25) is 4.79 Å². The lowest BCUT2D eigenvalue weighted by Gasteiger charge is -2.18. The largest absolute Gasteiger partial charge is 0.469 e. The summed E-state index contributed by atoms with van der Waals surface area (Å²) in [5.74, 6) is -0.0842. The van der Waals surface area contributed by atoms with Crippen molar-refractivity contribution < 1.29 is 19.2 Å². The highest BCUT2D eigenvalue weighted by Gasteiger charge is 2.34. The number of methoxy groups -OCH3 is 1. The molecule has 0 spiro atoms. The Morgan fingerprint density at radius 2 is 2.10 bits per heavy atom. The van der Waals surface area contributed by atoms with Crippen molar-refractivity contribution in [2.24, 2.45) is 17.0 Å². The molecule has 0 unspecified atom stereocenters. The topological polar surface area (TPSA) is 65.0 Å². The van der Waals surface area contributed by atoms with Crippen molar-refractivity contribution >= 4 is 17.7 Å². The maximum atomic E-state index is 11.5. The molecule has 0 heterocycles. The molecule has 0 amide bonds. The molecule has 114 valence electrons. The summed E-state index contributed by atoms with van der Waals surface area (Å²) in [6.45, 7) is 3.51. The average molecular weight is 283 g/mol. The zero-order valence-corrected chi connectivity index (χ0v) is 12.7. The van der Waals surface area contributed by atoms with Crippen molar-refractivity contribution in [3.63, 3.8) is 0 Å². The molecule has 0 aromatic rings. The van der Waals surface area contributed by atoms with Crippen LogP contribution in [0.3, 0.4) is 0 Å². The molecule has 1 aliphatic rings. The maximum Gasteiger partial charge on any atom is 0.331 e. The number of hydrogen-bond donors (Lipinski definition) is 0. The van der Waals surface area contributed by atoms with Crippen molar-refractivity contribution in [1.82, 2.24) is 0 Å². The van der Waals surface area contributed by atoms with Gasteiger partial charge in [0.05, 0.1) is 12.8 Å². The second kappa shape index (κ2) is 8.72. The Morgan fingerprint density at radius 3 is 2.70 bits per heavy atom. The number of hydrogen-bond acceptors (Lipinski definition) is 5. The Hall–Kier alpha value is -1.39. The summed E-state index contributed by atoms with van der Waals surface area (Å²) in [6.07, 6.45) is 6.56. The maximum absolute atomic E-state index is 11.5. The van der Waals surface area contributed by atoms with Gasteiger partial charge in [-0.1, -0.05) is 31.3 Å². The van der Waals surface area contributed by atoms with Crippen LogP contribution in [-0.2, 0) is 19.2 Å². The third kappa shape index (κ3) is 5.31. The van der Waals surface area contributed by atoms with Crippen LogP contribution in [0.25, 0.3) is 0 Å². The molecule has 0 saturated heterocycles. The summed E-state index contributed by atoms with van der Waals surface area (Å²) < 4.78 is 4.76. The molecule has 0 bridgehead atoms. The first kappa shape index (κ1) is 16.7. The predicted octanol–water partition coefficient (Wildman–Crippen LogP) is 3.08. The third-order valence-corrected chi connectivity index (χ3v) is 3.83. The van der Waals surface area contributed by atoms with E-state index in [1.165, 1.54) is 20.5 Å². The molecule has 0 aliphatic heterocycles. The molecular weight excluding hydrogens is 258 g/mol. The molecule has 0 radical (unpaired) electrons. The van der Waals surface area contributed by atoms with E-state index >= 15 is 0 Å². The number of esters is 1. The second-order valence-corrected chi connectivity index (χ2v) is 5.35. The van der Waals surface area contributed by atoms with E-state index in [9.17, 15) is 9.59 Å². The lowest BCUT2D eigenvalue weighted by atomic mass is 9.87. The third-order valence-electron chi connectivity index (χ3n) is 3.83. The summed E-state index contributed by atoms with van der Waals surface area (Å²) in [5, 5.41) is 3.98. The van der Waals surface area contributed by atoms with Crippen LogP contribution >= 0.6 is 0 Å². The minimum Gasteiger partial charge on any atom is -0.469 e. The number of oxime groups is 1. The van der Waals surface area contributed by atoms with E-state index < -0.39 is 5.97 Å². The Kier molecular flexibility index (Phi) is 7.26. The Labute approximate surface area is 120 Å². The zero-order chi connectivity index (χ0) is 15.0. The van der Waals surface area contributed by atoms with E-state index in [1.54, 1.807) is 0 Å². The van der Waals surface area contributed by atoms with Crippen LogP contribution in [0.4, 0.5) is 0 Å². The fourth-order valence-corrected chi connectivity index (χ4v) is 2.79.